The van der Waals surface area contributed by atoms with E-state index >= 15 is 0 Å². The van der Waals surface area contributed by atoms with Gasteiger partial charge in [-0.15, -0.1) is 0 Å². The zero-order chi connectivity index (χ0) is 17.8. The molecular formula is C22H35N3O. The van der Waals surface area contributed by atoms with Crippen molar-refractivity contribution in [1.82, 2.24) is 14.7 Å². The van der Waals surface area contributed by atoms with Gasteiger partial charge in [0.15, 0.2) is 0 Å². The van der Waals surface area contributed by atoms with Crippen LogP contribution in [0.3, 0.4) is 0 Å². The molecule has 3 aliphatic heterocycles. The summed E-state index contributed by atoms with van der Waals surface area (Å²) in [4.78, 5) is 7.59. The molecule has 3 fully saturated rings. The van der Waals surface area contributed by atoms with E-state index in [2.05, 4.69) is 46.0 Å². The summed E-state index contributed by atoms with van der Waals surface area (Å²) in [5.74, 6) is 0. The van der Waals surface area contributed by atoms with Crippen LogP contribution in [-0.4, -0.2) is 79.8 Å². The van der Waals surface area contributed by atoms with Gasteiger partial charge < -0.3 is 9.64 Å². The summed E-state index contributed by atoms with van der Waals surface area (Å²) in [6.07, 6.45) is 7.10. The Labute approximate surface area is 159 Å². The number of ether oxygens (including phenoxy) is 1. The quantitative estimate of drug-likeness (QED) is 0.779. The number of hydrogen-bond acceptors (Lipinski definition) is 4. The van der Waals surface area contributed by atoms with Gasteiger partial charge in [0.05, 0.1) is 12.2 Å². The van der Waals surface area contributed by atoms with Crippen LogP contribution in [0.1, 0.15) is 36.8 Å². The Hall–Kier alpha value is -0.940. The van der Waals surface area contributed by atoms with E-state index in [0.29, 0.717) is 12.2 Å². The van der Waals surface area contributed by atoms with Gasteiger partial charge in [-0.2, -0.15) is 0 Å². The SMILES string of the molecule is CN1CCN(C[C@@H]2CC[C@H](Cc3cccc(CN4CCCC4)c3)O2)CC1. The molecule has 1 aromatic carbocycles. The molecule has 26 heavy (non-hydrogen) atoms. The van der Waals surface area contributed by atoms with Crippen molar-refractivity contribution < 1.29 is 4.74 Å². The normalized spacial score (nSPS) is 28.8. The van der Waals surface area contributed by atoms with Gasteiger partial charge in [0.2, 0.25) is 0 Å². The van der Waals surface area contributed by atoms with E-state index in [9.17, 15) is 0 Å². The van der Waals surface area contributed by atoms with E-state index < -0.39 is 0 Å². The highest BCUT2D eigenvalue weighted by atomic mass is 16.5. The summed E-state index contributed by atoms with van der Waals surface area (Å²) in [6, 6.07) is 9.21. The molecule has 0 unspecified atom stereocenters. The number of likely N-dealkylation sites (N-methyl/N-ethyl adjacent to an activating group) is 1. The van der Waals surface area contributed by atoms with E-state index in [-0.39, 0.29) is 0 Å². The number of benzene rings is 1. The fourth-order valence-electron chi connectivity index (χ4n) is 4.70. The third-order valence-electron chi connectivity index (χ3n) is 6.31. The third kappa shape index (κ3) is 5.07. The molecule has 0 amide bonds. The Kier molecular flexibility index (Phi) is 6.26. The summed E-state index contributed by atoms with van der Waals surface area (Å²) < 4.78 is 6.40. The predicted molar refractivity (Wildman–Crippen MR) is 106 cm³/mol. The van der Waals surface area contributed by atoms with Crippen LogP contribution in [0.4, 0.5) is 0 Å². The van der Waals surface area contributed by atoms with Gasteiger partial charge >= 0.3 is 0 Å². The highest BCUT2D eigenvalue weighted by Crippen LogP contribution is 2.24. The molecule has 4 rings (SSSR count). The molecule has 2 atom stereocenters. The van der Waals surface area contributed by atoms with Crippen molar-refractivity contribution in [3.05, 3.63) is 35.4 Å². The van der Waals surface area contributed by atoms with Crippen molar-refractivity contribution >= 4 is 0 Å². The van der Waals surface area contributed by atoms with Crippen molar-refractivity contribution in [2.75, 3.05) is 52.9 Å². The highest BCUT2D eigenvalue weighted by Gasteiger charge is 2.28. The lowest BCUT2D eigenvalue weighted by Gasteiger charge is -2.33. The maximum absolute atomic E-state index is 6.40. The van der Waals surface area contributed by atoms with Gasteiger partial charge in [-0.05, 0) is 63.4 Å². The number of rotatable bonds is 6. The van der Waals surface area contributed by atoms with E-state index in [1.807, 2.05) is 0 Å². The van der Waals surface area contributed by atoms with Crippen molar-refractivity contribution in [2.45, 2.75) is 50.9 Å². The first-order valence-corrected chi connectivity index (χ1v) is 10.6. The first-order chi connectivity index (χ1) is 12.7. The first kappa shape index (κ1) is 18.4. The maximum atomic E-state index is 6.40. The minimum Gasteiger partial charge on any atom is -0.373 e. The monoisotopic (exact) mass is 357 g/mol. The second kappa shape index (κ2) is 8.83. The lowest BCUT2D eigenvalue weighted by Crippen LogP contribution is -2.47. The summed E-state index contributed by atoms with van der Waals surface area (Å²) in [5.41, 5.74) is 2.92. The zero-order valence-corrected chi connectivity index (χ0v) is 16.4. The molecule has 144 valence electrons. The molecule has 0 N–H and O–H groups in total. The van der Waals surface area contributed by atoms with Crippen LogP contribution < -0.4 is 0 Å². The summed E-state index contributed by atoms with van der Waals surface area (Å²) in [7, 11) is 2.22. The molecule has 0 aliphatic carbocycles. The molecule has 4 nitrogen and oxygen atoms in total. The molecule has 4 heteroatoms. The van der Waals surface area contributed by atoms with Crippen LogP contribution in [0.2, 0.25) is 0 Å². The van der Waals surface area contributed by atoms with Crippen LogP contribution in [0.5, 0.6) is 0 Å². The number of hydrogen-bond donors (Lipinski definition) is 0. The molecular weight excluding hydrogens is 322 g/mol. The lowest BCUT2D eigenvalue weighted by molar-refractivity contribution is 0.0146. The van der Waals surface area contributed by atoms with E-state index in [0.717, 1.165) is 19.5 Å². The van der Waals surface area contributed by atoms with Gasteiger partial charge in [0, 0.05) is 39.3 Å². The summed E-state index contributed by atoms with van der Waals surface area (Å²) in [6.45, 7) is 9.55. The zero-order valence-electron chi connectivity index (χ0n) is 16.4. The molecule has 3 heterocycles. The van der Waals surface area contributed by atoms with Crippen LogP contribution in [0.25, 0.3) is 0 Å². The first-order valence-electron chi connectivity index (χ1n) is 10.6. The van der Waals surface area contributed by atoms with Crippen LogP contribution in [-0.2, 0) is 17.7 Å². The standard InChI is InChI=1S/C22H35N3O/c1-23-11-13-25(14-12-23)18-22-8-7-21(26-22)16-19-5-4-6-20(15-19)17-24-9-2-3-10-24/h4-6,15,21-22H,2-3,7-14,16-18H2,1H3/t21-,22+/m1/s1. The minimum atomic E-state index is 0.412. The fraction of sp³-hybridized carbons (Fsp3) is 0.727. The van der Waals surface area contributed by atoms with E-state index in [1.54, 1.807) is 0 Å². The smallest absolute Gasteiger partial charge is 0.0706 e. The number of nitrogens with zero attached hydrogens (tertiary/aromatic N) is 3. The minimum absolute atomic E-state index is 0.412. The summed E-state index contributed by atoms with van der Waals surface area (Å²) in [5, 5.41) is 0. The van der Waals surface area contributed by atoms with Gasteiger partial charge in [0.1, 0.15) is 0 Å². The molecule has 0 saturated carbocycles. The average molecular weight is 358 g/mol. The van der Waals surface area contributed by atoms with Gasteiger partial charge in [-0.25, -0.2) is 0 Å². The van der Waals surface area contributed by atoms with Crippen molar-refractivity contribution in [1.29, 1.82) is 0 Å². The molecule has 0 aromatic heterocycles. The summed E-state index contributed by atoms with van der Waals surface area (Å²) >= 11 is 0. The van der Waals surface area contributed by atoms with E-state index in [4.69, 9.17) is 4.74 Å². The molecule has 0 bridgehead atoms. The molecule has 3 aliphatic rings. The van der Waals surface area contributed by atoms with Crippen LogP contribution in [0, 0.1) is 0 Å². The Bertz CT molecular complexity index is 564. The maximum Gasteiger partial charge on any atom is 0.0706 e. The average Bonchev–Trinajstić information content (AvgIpc) is 3.30. The Morgan fingerprint density at radius 2 is 1.62 bits per heavy atom. The largest absolute Gasteiger partial charge is 0.373 e. The Morgan fingerprint density at radius 1 is 0.885 bits per heavy atom. The second-order valence-electron chi connectivity index (χ2n) is 8.57. The van der Waals surface area contributed by atoms with Crippen LogP contribution in [0.15, 0.2) is 24.3 Å². The number of piperazine rings is 1. The van der Waals surface area contributed by atoms with Crippen molar-refractivity contribution in [2.24, 2.45) is 0 Å². The third-order valence-corrected chi connectivity index (χ3v) is 6.31. The Balaban J connectivity index is 1.24. The van der Waals surface area contributed by atoms with Crippen LogP contribution >= 0.6 is 0 Å². The van der Waals surface area contributed by atoms with Gasteiger partial charge in [0.25, 0.3) is 0 Å². The molecule has 3 saturated heterocycles. The van der Waals surface area contributed by atoms with Crippen molar-refractivity contribution in [3.8, 4) is 0 Å². The highest BCUT2D eigenvalue weighted by molar-refractivity contribution is 5.24. The van der Waals surface area contributed by atoms with Gasteiger partial charge in [-0.3, -0.25) is 9.80 Å². The number of likely N-dealkylation sites (tertiary alicyclic amines) is 1. The Morgan fingerprint density at radius 3 is 2.42 bits per heavy atom. The second-order valence-corrected chi connectivity index (χ2v) is 8.57. The van der Waals surface area contributed by atoms with Crippen molar-refractivity contribution in [3.63, 3.8) is 0 Å². The topological polar surface area (TPSA) is 19.0 Å². The predicted octanol–water partition coefficient (Wildman–Crippen LogP) is 2.62. The van der Waals surface area contributed by atoms with Gasteiger partial charge in [-0.1, -0.05) is 24.3 Å². The fourth-order valence-corrected chi connectivity index (χ4v) is 4.70. The molecule has 1 aromatic rings. The van der Waals surface area contributed by atoms with E-state index in [1.165, 1.54) is 76.1 Å². The lowest BCUT2D eigenvalue weighted by atomic mass is 10.0. The molecule has 0 radical (unpaired) electrons. The molecule has 0 spiro atoms.